The van der Waals surface area contributed by atoms with Gasteiger partial charge in [0.05, 0.1) is 0 Å². The molecule has 3 rings (SSSR count). The summed E-state index contributed by atoms with van der Waals surface area (Å²) in [4.78, 5) is 0. The van der Waals surface area contributed by atoms with Crippen molar-refractivity contribution in [3.63, 3.8) is 0 Å². The van der Waals surface area contributed by atoms with Crippen LogP contribution in [0.25, 0.3) is 0 Å². The minimum atomic E-state index is -0.424. The number of nitrogens with zero attached hydrogens (tertiary/aromatic N) is 2. The summed E-state index contributed by atoms with van der Waals surface area (Å²) >= 11 is 0.274. The van der Waals surface area contributed by atoms with Crippen LogP contribution in [0.3, 0.4) is 0 Å². The Balaban J connectivity index is 1.94. The van der Waals surface area contributed by atoms with Gasteiger partial charge in [-0.2, -0.15) is 0 Å². The molecule has 0 unspecified atom stereocenters. The third-order valence-electron chi connectivity index (χ3n) is 3.62. The van der Waals surface area contributed by atoms with Crippen LogP contribution in [0.15, 0.2) is 48.5 Å². The van der Waals surface area contributed by atoms with Crippen LogP contribution in [0.5, 0.6) is 0 Å². The first-order valence-electron chi connectivity index (χ1n) is 7.39. The summed E-state index contributed by atoms with van der Waals surface area (Å²) in [6.07, 6.45) is 1.72. The first-order chi connectivity index (χ1) is 10.4. The van der Waals surface area contributed by atoms with E-state index in [9.17, 15) is 5.21 Å². The normalized spacial score (nSPS) is 15.0. The number of hydrogen-bond acceptors (Lipinski definition) is 2. The zero-order valence-electron chi connectivity index (χ0n) is 13.1. The molecule has 1 aliphatic heterocycles. The molecule has 0 amide bonds. The molecule has 0 radical (unpaired) electrons. The molecule has 0 N–H and O–H groups in total. The van der Waals surface area contributed by atoms with E-state index in [0.717, 1.165) is 22.5 Å². The molecule has 22 heavy (non-hydrogen) atoms. The van der Waals surface area contributed by atoms with Gasteiger partial charge in [0.25, 0.3) is 0 Å². The van der Waals surface area contributed by atoms with Gasteiger partial charge >= 0.3 is 138 Å². The first kappa shape index (κ1) is 15.1. The third-order valence-corrected chi connectivity index (χ3v) is 6.01. The SMILES string of the molecule is CC(C)(C)[N+]([O-])=Cc1ccccc1N1Cc2ccccc2[Se]1. The second-order valence-electron chi connectivity index (χ2n) is 6.42. The molecule has 1 heterocycles. The summed E-state index contributed by atoms with van der Waals surface area (Å²) in [7, 11) is 0. The second-order valence-corrected chi connectivity index (χ2v) is 8.65. The minimum absolute atomic E-state index is 0.274. The molecular formula is C18H20N2OSe. The fraction of sp³-hybridized carbons (Fsp3) is 0.278. The zero-order valence-corrected chi connectivity index (χ0v) is 14.8. The number of rotatable bonds is 2. The van der Waals surface area contributed by atoms with Crippen molar-refractivity contribution in [3.05, 3.63) is 64.9 Å². The molecule has 2 aromatic rings. The molecule has 3 nitrogen and oxygen atoms in total. The van der Waals surface area contributed by atoms with Gasteiger partial charge in [-0.15, -0.1) is 0 Å². The standard InChI is InChI=1S/C18H20N2OSe/c1-18(2,3)20(21)13-14-8-4-6-10-16(14)19-12-15-9-5-7-11-17(15)22-19/h4-11,13H,12H2,1-3H3. The quantitative estimate of drug-likeness (QED) is 0.271. The van der Waals surface area contributed by atoms with E-state index >= 15 is 0 Å². The van der Waals surface area contributed by atoms with E-state index in [4.69, 9.17) is 0 Å². The Kier molecular flexibility index (Phi) is 3.98. The van der Waals surface area contributed by atoms with Gasteiger partial charge in [0.15, 0.2) is 0 Å². The van der Waals surface area contributed by atoms with Gasteiger partial charge in [0.1, 0.15) is 0 Å². The molecule has 1 aliphatic rings. The van der Waals surface area contributed by atoms with Crippen LogP contribution >= 0.6 is 0 Å². The Morgan fingerprint density at radius 2 is 1.77 bits per heavy atom. The third kappa shape index (κ3) is 3.03. The van der Waals surface area contributed by atoms with Crippen molar-refractivity contribution in [1.82, 2.24) is 0 Å². The maximum absolute atomic E-state index is 12.3. The number of hydrogen-bond donors (Lipinski definition) is 0. The van der Waals surface area contributed by atoms with Crippen LogP contribution in [0, 0.1) is 5.21 Å². The van der Waals surface area contributed by atoms with E-state index in [1.807, 2.05) is 39.0 Å². The predicted molar refractivity (Wildman–Crippen MR) is 93.0 cm³/mol. The second kappa shape index (κ2) is 5.79. The molecule has 0 bridgehead atoms. The van der Waals surface area contributed by atoms with E-state index in [2.05, 4.69) is 34.2 Å². The predicted octanol–water partition coefficient (Wildman–Crippen LogP) is 2.68. The van der Waals surface area contributed by atoms with Crippen LogP contribution < -0.4 is 8.38 Å². The molecule has 2 aromatic carbocycles. The Labute approximate surface area is 138 Å². The number of anilines is 1. The summed E-state index contributed by atoms with van der Waals surface area (Å²) in [6.45, 7) is 6.70. The van der Waals surface area contributed by atoms with Gasteiger partial charge < -0.3 is 0 Å². The fourth-order valence-corrected chi connectivity index (χ4v) is 4.60. The van der Waals surface area contributed by atoms with Gasteiger partial charge in [0, 0.05) is 0 Å². The van der Waals surface area contributed by atoms with Crippen LogP contribution in [0.2, 0.25) is 0 Å². The van der Waals surface area contributed by atoms with Crippen molar-refractivity contribution in [3.8, 4) is 0 Å². The molecular weight excluding hydrogens is 339 g/mol. The molecule has 0 saturated heterocycles. The molecule has 114 valence electrons. The molecule has 0 spiro atoms. The van der Waals surface area contributed by atoms with E-state index in [-0.39, 0.29) is 15.2 Å². The molecule has 0 aromatic heterocycles. The van der Waals surface area contributed by atoms with E-state index in [0.29, 0.717) is 0 Å². The van der Waals surface area contributed by atoms with Crippen molar-refractivity contribution >= 4 is 31.5 Å². The zero-order chi connectivity index (χ0) is 15.7. The molecule has 4 heteroatoms. The van der Waals surface area contributed by atoms with Crippen LogP contribution in [-0.2, 0) is 6.54 Å². The van der Waals surface area contributed by atoms with E-state index < -0.39 is 5.54 Å². The van der Waals surface area contributed by atoms with Crippen LogP contribution in [-0.4, -0.2) is 31.7 Å². The van der Waals surface area contributed by atoms with Gasteiger partial charge in [0.2, 0.25) is 0 Å². The van der Waals surface area contributed by atoms with Crippen molar-refractivity contribution in [2.45, 2.75) is 32.9 Å². The Hall–Kier alpha value is -1.77. The number of hydroxylamine groups is 1. The first-order valence-corrected chi connectivity index (χ1v) is 9.01. The average Bonchev–Trinajstić information content (AvgIpc) is 2.90. The van der Waals surface area contributed by atoms with Gasteiger partial charge in [-0.3, -0.25) is 0 Å². The van der Waals surface area contributed by atoms with Crippen molar-refractivity contribution in [2.24, 2.45) is 0 Å². The van der Waals surface area contributed by atoms with Crippen LogP contribution in [0.4, 0.5) is 5.69 Å². The van der Waals surface area contributed by atoms with Crippen LogP contribution in [0.1, 0.15) is 31.9 Å². The molecule has 0 atom stereocenters. The summed E-state index contributed by atoms with van der Waals surface area (Å²) in [5, 5.41) is 12.3. The fourth-order valence-electron chi connectivity index (χ4n) is 2.31. The maximum atomic E-state index is 12.3. The van der Waals surface area contributed by atoms with Gasteiger partial charge in [-0.1, -0.05) is 0 Å². The molecule has 0 aliphatic carbocycles. The summed E-state index contributed by atoms with van der Waals surface area (Å²) in [6, 6.07) is 16.7. The van der Waals surface area contributed by atoms with E-state index in [1.54, 1.807) is 6.21 Å². The monoisotopic (exact) mass is 360 g/mol. The number of benzene rings is 2. The van der Waals surface area contributed by atoms with Crippen molar-refractivity contribution in [2.75, 3.05) is 3.92 Å². The number of para-hydroxylation sites is 1. The Morgan fingerprint density at radius 3 is 2.50 bits per heavy atom. The van der Waals surface area contributed by atoms with Crippen molar-refractivity contribution < 1.29 is 4.74 Å². The molecule has 0 saturated carbocycles. The molecule has 0 fully saturated rings. The van der Waals surface area contributed by atoms with Gasteiger partial charge in [-0.05, 0) is 0 Å². The Bertz CT molecular complexity index is 694. The van der Waals surface area contributed by atoms with Crippen molar-refractivity contribution in [1.29, 1.82) is 0 Å². The summed E-state index contributed by atoms with van der Waals surface area (Å²) < 4.78 is 4.86. The number of fused-ring (bicyclic) bond motifs is 1. The van der Waals surface area contributed by atoms with E-state index in [1.165, 1.54) is 10.0 Å². The topological polar surface area (TPSA) is 29.3 Å². The summed E-state index contributed by atoms with van der Waals surface area (Å²) in [5.74, 6) is 0. The van der Waals surface area contributed by atoms with Gasteiger partial charge in [-0.25, -0.2) is 0 Å². The Morgan fingerprint density at radius 1 is 1.09 bits per heavy atom. The summed E-state index contributed by atoms with van der Waals surface area (Å²) in [5.41, 5.74) is 3.10. The average molecular weight is 359 g/mol.